The largest absolute Gasteiger partial charge is 0.466 e. The van der Waals surface area contributed by atoms with Gasteiger partial charge in [-0.25, -0.2) is 9.67 Å². The topological polar surface area (TPSA) is 128 Å². The van der Waals surface area contributed by atoms with Gasteiger partial charge in [0.25, 0.3) is 5.89 Å². The molecule has 180 valence electrons. The van der Waals surface area contributed by atoms with Crippen molar-refractivity contribution in [3.05, 3.63) is 18.3 Å². The molecule has 1 N–H and O–H groups in total. The first-order valence-corrected chi connectivity index (χ1v) is 11.9. The molecular formula is C23H29N7O4. The zero-order valence-electron chi connectivity index (χ0n) is 19.5. The van der Waals surface area contributed by atoms with Crippen LogP contribution in [0.25, 0.3) is 22.5 Å². The maximum Gasteiger partial charge on any atom is 0.307 e. The minimum absolute atomic E-state index is 0.0653. The molecule has 2 saturated heterocycles. The van der Waals surface area contributed by atoms with Crippen LogP contribution >= 0.6 is 0 Å². The Balaban J connectivity index is 1.40. The zero-order valence-corrected chi connectivity index (χ0v) is 19.5. The zero-order chi connectivity index (χ0) is 23.7. The fourth-order valence-corrected chi connectivity index (χ4v) is 4.72. The molecule has 1 unspecified atom stereocenters. The van der Waals surface area contributed by atoms with Crippen molar-refractivity contribution in [3.63, 3.8) is 0 Å². The standard InChI is InChI=1S/C23H29N7O4/c1-3-30-22-17(13-25-30)21(26-16-6-9-33-20(32)11-16)18(12-24-22)23-28-27-19(34-23)10-15-4-7-29(8-5-15)14(2)31/h12-13,15-16H,3-11H2,1-2H3,(H,24,26). The summed E-state index contributed by atoms with van der Waals surface area (Å²) in [5.74, 6) is 1.27. The Morgan fingerprint density at radius 2 is 2.03 bits per heavy atom. The summed E-state index contributed by atoms with van der Waals surface area (Å²) in [6.45, 7) is 6.24. The minimum Gasteiger partial charge on any atom is -0.466 e. The van der Waals surface area contributed by atoms with Crippen LogP contribution in [0.5, 0.6) is 0 Å². The fourth-order valence-electron chi connectivity index (χ4n) is 4.72. The van der Waals surface area contributed by atoms with E-state index in [1.165, 1.54) is 0 Å². The van der Waals surface area contributed by atoms with Crippen LogP contribution in [0.15, 0.2) is 16.8 Å². The van der Waals surface area contributed by atoms with Crippen molar-refractivity contribution in [3.8, 4) is 11.5 Å². The van der Waals surface area contributed by atoms with E-state index >= 15 is 0 Å². The molecule has 0 spiro atoms. The molecular weight excluding hydrogens is 438 g/mol. The summed E-state index contributed by atoms with van der Waals surface area (Å²) in [6.07, 6.45) is 7.03. The lowest BCUT2D eigenvalue weighted by atomic mass is 9.93. The number of nitrogens with zero attached hydrogens (tertiary/aromatic N) is 6. The monoisotopic (exact) mass is 467 g/mol. The van der Waals surface area contributed by atoms with Crippen molar-refractivity contribution >= 4 is 28.6 Å². The number of fused-ring (bicyclic) bond motifs is 1. The summed E-state index contributed by atoms with van der Waals surface area (Å²) < 4.78 is 13.0. The van der Waals surface area contributed by atoms with Gasteiger partial charge in [0.15, 0.2) is 5.65 Å². The van der Waals surface area contributed by atoms with Crippen molar-refractivity contribution in [2.24, 2.45) is 5.92 Å². The van der Waals surface area contributed by atoms with Crippen molar-refractivity contribution in [1.29, 1.82) is 0 Å². The number of nitrogens with one attached hydrogen (secondary N) is 1. The van der Waals surface area contributed by atoms with Gasteiger partial charge in [0.05, 0.1) is 35.9 Å². The van der Waals surface area contributed by atoms with Crippen molar-refractivity contribution in [2.75, 3.05) is 25.0 Å². The number of carbonyl (C=O) groups is 2. The van der Waals surface area contributed by atoms with Crippen LogP contribution in [0.2, 0.25) is 0 Å². The van der Waals surface area contributed by atoms with Crippen LogP contribution in [0.1, 0.15) is 45.4 Å². The van der Waals surface area contributed by atoms with E-state index in [1.807, 2.05) is 16.5 Å². The number of aromatic nitrogens is 5. The van der Waals surface area contributed by atoms with Crippen LogP contribution in [-0.2, 0) is 27.3 Å². The van der Waals surface area contributed by atoms with Gasteiger partial charge in [0.2, 0.25) is 11.8 Å². The molecule has 3 aromatic rings. The van der Waals surface area contributed by atoms with Crippen molar-refractivity contribution in [2.45, 2.75) is 58.5 Å². The number of esters is 1. The van der Waals surface area contributed by atoms with Gasteiger partial charge in [-0.05, 0) is 25.7 Å². The summed E-state index contributed by atoms with van der Waals surface area (Å²) in [4.78, 5) is 29.9. The van der Waals surface area contributed by atoms with Gasteiger partial charge in [-0.2, -0.15) is 5.10 Å². The van der Waals surface area contributed by atoms with Crippen molar-refractivity contribution in [1.82, 2.24) is 29.9 Å². The summed E-state index contributed by atoms with van der Waals surface area (Å²) in [5, 5.41) is 17.4. The van der Waals surface area contributed by atoms with Crippen molar-refractivity contribution < 1.29 is 18.7 Å². The molecule has 0 bridgehead atoms. The van der Waals surface area contributed by atoms with E-state index in [0.29, 0.717) is 55.7 Å². The summed E-state index contributed by atoms with van der Waals surface area (Å²) in [5.41, 5.74) is 2.23. The number of amides is 1. The predicted octanol–water partition coefficient (Wildman–Crippen LogP) is 2.42. The van der Waals surface area contributed by atoms with E-state index in [0.717, 1.165) is 42.7 Å². The molecule has 1 amide bonds. The highest BCUT2D eigenvalue weighted by molar-refractivity contribution is 5.96. The first-order valence-electron chi connectivity index (χ1n) is 11.9. The molecule has 5 rings (SSSR count). The third kappa shape index (κ3) is 4.46. The number of hydrogen-bond acceptors (Lipinski definition) is 9. The summed E-state index contributed by atoms with van der Waals surface area (Å²) in [6, 6.07) is -0.0653. The van der Waals surface area contributed by atoms with E-state index in [9.17, 15) is 9.59 Å². The number of hydrogen-bond donors (Lipinski definition) is 1. The second-order valence-electron chi connectivity index (χ2n) is 8.95. The van der Waals surface area contributed by atoms with Crippen LogP contribution < -0.4 is 5.32 Å². The van der Waals surface area contributed by atoms with Crippen LogP contribution in [0, 0.1) is 5.92 Å². The van der Waals surface area contributed by atoms with Crippen LogP contribution in [0.4, 0.5) is 5.69 Å². The molecule has 3 aromatic heterocycles. The Morgan fingerprint density at radius 3 is 2.76 bits per heavy atom. The average Bonchev–Trinajstić information content (AvgIpc) is 3.47. The highest BCUT2D eigenvalue weighted by atomic mass is 16.5. The van der Waals surface area contributed by atoms with E-state index in [1.54, 1.807) is 19.3 Å². The Bertz CT molecular complexity index is 1200. The molecule has 2 aliphatic rings. The predicted molar refractivity (Wildman–Crippen MR) is 123 cm³/mol. The molecule has 0 aliphatic carbocycles. The third-order valence-corrected chi connectivity index (χ3v) is 6.68. The number of likely N-dealkylation sites (tertiary alicyclic amines) is 1. The number of anilines is 1. The smallest absolute Gasteiger partial charge is 0.307 e. The number of ether oxygens (including phenoxy) is 1. The van der Waals surface area contributed by atoms with E-state index in [4.69, 9.17) is 9.15 Å². The van der Waals surface area contributed by atoms with E-state index in [-0.39, 0.29) is 17.9 Å². The maximum absolute atomic E-state index is 11.8. The highest BCUT2D eigenvalue weighted by Gasteiger charge is 2.26. The van der Waals surface area contributed by atoms with Gasteiger partial charge in [0.1, 0.15) is 0 Å². The lowest BCUT2D eigenvalue weighted by Gasteiger charge is -2.30. The van der Waals surface area contributed by atoms with Gasteiger partial charge in [-0.15, -0.1) is 10.2 Å². The summed E-state index contributed by atoms with van der Waals surface area (Å²) >= 11 is 0. The Labute approximate surface area is 196 Å². The quantitative estimate of drug-likeness (QED) is 0.543. The van der Waals surface area contributed by atoms with Gasteiger partial charge < -0.3 is 19.4 Å². The lowest BCUT2D eigenvalue weighted by molar-refractivity contribution is -0.147. The Hall–Kier alpha value is -3.50. The lowest BCUT2D eigenvalue weighted by Crippen LogP contribution is -2.37. The second-order valence-corrected chi connectivity index (χ2v) is 8.95. The molecule has 2 fully saturated rings. The fraction of sp³-hybridized carbons (Fsp3) is 0.565. The SMILES string of the molecule is CCn1ncc2c(NC3CCOC(=O)C3)c(-c3nnc(CC4CCN(C(C)=O)CC4)o3)cnc21. The molecule has 5 heterocycles. The molecule has 0 radical (unpaired) electrons. The molecule has 11 nitrogen and oxygen atoms in total. The Kier molecular flexibility index (Phi) is 6.16. The number of cyclic esters (lactones) is 1. The van der Waals surface area contributed by atoms with Crippen LogP contribution in [-0.4, -0.2) is 67.5 Å². The van der Waals surface area contributed by atoms with Gasteiger partial charge in [-0.3, -0.25) is 9.59 Å². The number of aryl methyl sites for hydroxylation is 1. The molecule has 0 saturated carbocycles. The molecule has 1 atom stereocenters. The summed E-state index contributed by atoms with van der Waals surface area (Å²) in [7, 11) is 0. The number of pyridine rings is 1. The highest BCUT2D eigenvalue weighted by Crippen LogP contribution is 2.35. The molecule has 11 heteroatoms. The number of piperidine rings is 1. The normalized spacial score (nSPS) is 19.4. The molecule has 34 heavy (non-hydrogen) atoms. The second kappa shape index (κ2) is 9.40. The number of carbonyl (C=O) groups excluding carboxylic acids is 2. The maximum atomic E-state index is 11.8. The van der Waals surface area contributed by atoms with Crippen LogP contribution in [0.3, 0.4) is 0 Å². The number of rotatable bonds is 6. The first-order chi connectivity index (χ1) is 16.5. The molecule has 2 aliphatic heterocycles. The Morgan fingerprint density at radius 1 is 1.21 bits per heavy atom. The van der Waals surface area contributed by atoms with Gasteiger partial charge in [0, 0.05) is 51.6 Å². The average molecular weight is 468 g/mol. The first kappa shape index (κ1) is 22.3. The van der Waals surface area contributed by atoms with Gasteiger partial charge >= 0.3 is 5.97 Å². The van der Waals surface area contributed by atoms with E-state index < -0.39 is 0 Å². The third-order valence-electron chi connectivity index (χ3n) is 6.68. The molecule has 0 aromatic carbocycles. The minimum atomic E-state index is -0.212. The van der Waals surface area contributed by atoms with Gasteiger partial charge in [-0.1, -0.05) is 0 Å². The van der Waals surface area contributed by atoms with E-state index in [2.05, 4.69) is 25.6 Å².